The van der Waals surface area contributed by atoms with Crippen LogP contribution in [-0.4, -0.2) is 16.1 Å². The normalized spacial score (nSPS) is 11.2. The van der Waals surface area contributed by atoms with Gasteiger partial charge in [-0.25, -0.2) is 0 Å². The van der Waals surface area contributed by atoms with Gasteiger partial charge in [0.15, 0.2) is 0 Å². The first-order valence-corrected chi connectivity index (χ1v) is 8.38. The molecule has 3 heterocycles. The summed E-state index contributed by atoms with van der Waals surface area (Å²) in [5, 5.41) is 12.0. The van der Waals surface area contributed by atoms with Crippen molar-refractivity contribution in [1.29, 1.82) is 0 Å². The van der Waals surface area contributed by atoms with Crippen LogP contribution in [0.4, 0.5) is 6.01 Å². The van der Waals surface area contributed by atoms with Crippen LogP contribution in [-0.2, 0) is 4.79 Å². The molecule has 0 radical (unpaired) electrons. The van der Waals surface area contributed by atoms with E-state index in [-0.39, 0.29) is 17.8 Å². The van der Waals surface area contributed by atoms with E-state index in [1.165, 1.54) is 28.7 Å². The van der Waals surface area contributed by atoms with Crippen molar-refractivity contribution in [1.82, 2.24) is 10.2 Å². The molecule has 0 saturated carbocycles. The Bertz CT molecular complexity index is 824. The second-order valence-corrected chi connectivity index (χ2v) is 7.25. The number of nitrogens with one attached hydrogen (secondary N) is 1. The van der Waals surface area contributed by atoms with Crippen LogP contribution >= 0.6 is 45.9 Å². The van der Waals surface area contributed by atoms with Crippen LogP contribution < -0.4 is 5.32 Å². The number of hydrogen-bond donors (Lipinski definition) is 1. The number of rotatable bonds is 4. The second kappa shape index (κ2) is 6.62. The van der Waals surface area contributed by atoms with Crippen LogP contribution in [0.5, 0.6) is 0 Å². The van der Waals surface area contributed by atoms with Gasteiger partial charge < -0.3 is 4.42 Å². The fourth-order valence-corrected chi connectivity index (χ4v) is 3.63. The highest BCUT2D eigenvalue weighted by atomic mass is 35.5. The molecule has 0 unspecified atom stereocenters. The zero-order valence-corrected chi connectivity index (χ0v) is 13.9. The third kappa shape index (κ3) is 3.56. The van der Waals surface area contributed by atoms with Crippen LogP contribution in [0.2, 0.25) is 8.67 Å². The number of carbonyl (C=O) groups is 1. The minimum absolute atomic E-state index is 0.00535. The van der Waals surface area contributed by atoms with Crippen molar-refractivity contribution in [3.05, 3.63) is 43.2 Å². The molecular weight excluding hydrogens is 365 g/mol. The van der Waals surface area contributed by atoms with Gasteiger partial charge in [0.05, 0.1) is 9.90 Å². The Kier molecular flexibility index (Phi) is 4.58. The fourth-order valence-electron chi connectivity index (χ4n) is 1.56. The molecule has 1 N–H and O–H groups in total. The average molecular weight is 372 g/mol. The van der Waals surface area contributed by atoms with Crippen molar-refractivity contribution in [2.24, 2.45) is 0 Å². The van der Waals surface area contributed by atoms with Crippen LogP contribution in [0, 0.1) is 0 Å². The van der Waals surface area contributed by atoms with Gasteiger partial charge in [-0.15, -0.1) is 27.8 Å². The minimum Gasteiger partial charge on any atom is -0.403 e. The minimum atomic E-state index is -0.363. The third-order valence-corrected chi connectivity index (χ3v) is 4.81. The fraction of sp³-hybridized carbons (Fsp3) is 0. The highest BCUT2D eigenvalue weighted by molar-refractivity contribution is 7.20. The topological polar surface area (TPSA) is 68.0 Å². The van der Waals surface area contributed by atoms with E-state index in [9.17, 15) is 4.79 Å². The van der Waals surface area contributed by atoms with Crippen LogP contribution in [0.15, 0.2) is 34.1 Å². The van der Waals surface area contributed by atoms with Gasteiger partial charge in [0, 0.05) is 11.0 Å². The van der Waals surface area contributed by atoms with Gasteiger partial charge in [0.1, 0.15) is 4.34 Å². The molecule has 3 aromatic heterocycles. The highest BCUT2D eigenvalue weighted by Crippen LogP contribution is 2.37. The molecule has 0 bridgehead atoms. The van der Waals surface area contributed by atoms with E-state index in [4.69, 9.17) is 27.6 Å². The van der Waals surface area contributed by atoms with Crippen molar-refractivity contribution < 1.29 is 9.21 Å². The molecule has 0 atom stereocenters. The quantitative estimate of drug-likeness (QED) is 0.667. The summed E-state index contributed by atoms with van der Waals surface area (Å²) in [6.45, 7) is 0. The third-order valence-electron chi connectivity index (χ3n) is 2.48. The van der Waals surface area contributed by atoms with E-state index in [0.29, 0.717) is 14.2 Å². The Balaban J connectivity index is 1.69. The van der Waals surface area contributed by atoms with Gasteiger partial charge in [-0.1, -0.05) is 34.4 Å². The van der Waals surface area contributed by atoms with E-state index >= 15 is 0 Å². The lowest BCUT2D eigenvalue weighted by Crippen LogP contribution is -2.07. The van der Waals surface area contributed by atoms with Crippen molar-refractivity contribution >= 4 is 63.9 Å². The summed E-state index contributed by atoms with van der Waals surface area (Å²) in [6.07, 6.45) is 3.09. The predicted molar refractivity (Wildman–Crippen MR) is 89.6 cm³/mol. The SMILES string of the molecule is O=C(C=Cc1cccs1)Nc1nnc(-c2cc(Cl)sc2Cl)o1. The van der Waals surface area contributed by atoms with Crippen molar-refractivity contribution in [3.8, 4) is 11.5 Å². The molecular formula is C13H7Cl2N3O2S2. The lowest BCUT2D eigenvalue weighted by atomic mass is 10.3. The van der Waals surface area contributed by atoms with Crippen LogP contribution in [0.1, 0.15) is 4.88 Å². The summed E-state index contributed by atoms with van der Waals surface area (Å²) in [4.78, 5) is 12.7. The number of nitrogens with zero attached hydrogens (tertiary/aromatic N) is 2. The summed E-state index contributed by atoms with van der Waals surface area (Å²) in [6, 6.07) is 5.43. The molecule has 0 saturated heterocycles. The Labute approximate surface area is 143 Å². The molecule has 22 heavy (non-hydrogen) atoms. The Hall–Kier alpha value is -1.67. The molecule has 5 nitrogen and oxygen atoms in total. The lowest BCUT2D eigenvalue weighted by molar-refractivity contribution is -0.112. The summed E-state index contributed by atoms with van der Waals surface area (Å²) < 4.78 is 6.31. The number of aromatic nitrogens is 2. The van der Waals surface area contributed by atoms with Gasteiger partial charge in [-0.2, -0.15) is 0 Å². The maximum atomic E-state index is 11.8. The molecule has 0 spiro atoms. The molecule has 0 aromatic carbocycles. The Morgan fingerprint density at radius 2 is 2.23 bits per heavy atom. The van der Waals surface area contributed by atoms with E-state index in [0.717, 1.165) is 4.88 Å². The number of amides is 1. The molecule has 0 aliphatic rings. The van der Waals surface area contributed by atoms with E-state index in [1.807, 2.05) is 17.5 Å². The molecule has 3 rings (SSSR count). The summed E-state index contributed by atoms with van der Waals surface area (Å²) in [5.41, 5.74) is 0.541. The zero-order chi connectivity index (χ0) is 15.5. The Morgan fingerprint density at radius 1 is 1.36 bits per heavy atom. The van der Waals surface area contributed by atoms with E-state index in [1.54, 1.807) is 12.1 Å². The zero-order valence-electron chi connectivity index (χ0n) is 10.7. The molecule has 0 aliphatic heterocycles. The standard InChI is InChI=1S/C13H7Cl2N3O2S2/c14-9-6-8(11(15)22-9)12-17-18-13(20-12)16-10(19)4-3-7-2-1-5-21-7/h1-6H,(H,16,18,19). The smallest absolute Gasteiger partial charge is 0.322 e. The van der Waals surface area contributed by atoms with Gasteiger partial charge in [-0.3, -0.25) is 10.1 Å². The van der Waals surface area contributed by atoms with Gasteiger partial charge >= 0.3 is 6.01 Å². The number of thiophene rings is 2. The predicted octanol–water partition coefficient (Wildman–Crippen LogP) is 4.82. The first kappa shape index (κ1) is 15.2. The van der Waals surface area contributed by atoms with Crippen LogP contribution in [0.3, 0.4) is 0 Å². The summed E-state index contributed by atoms with van der Waals surface area (Å²) >= 11 is 14.6. The monoisotopic (exact) mass is 371 g/mol. The number of hydrogen-bond acceptors (Lipinski definition) is 6. The molecule has 9 heteroatoms. The van der Waals surface area contributed by atoms with Gasteiger partial charge in [-0.05, 0) is 23.6 Å². The largest absolute Gasteiger partial charge is 0.403 e. The van der Waals surface area contributed by atoms with Crippen molar-refractivity contribution in [2.45, 2.75) is 0 Å². The molecule has 0 aliphatic carbocycles. The first-order valence-electron chi connectivity index (χ1n) is 5.93. The van der Waals surface area contributed by atoms with Gasteiger partial charge in [0.2, 0.25) is 0 Å². The summed E-state index contributed by atoms with van der Waals surface area (Å²) in [5.74, 6) is -0.163. The first-order chi connectivity index (χ1) is 10.6. The summed E-state index contributed by atoms with van der Waals surface area (Å²) in [7, 11) is 0. The highest BCUT2D eigenvalue weighted by Gasteiger charge is 2.15. The number of carbonyl (C=O) groups excluding carboxylic acids is 1. The maximum Gasteiger partial charge on any atom is 0.322 e. The molecule has 3 aromatic rings. The number of anilines is 1. The molecule has 0 fully saturated rings. The molecule has 1 amide bonds. The molecule has 112 valence electrons. The number of halogens is 2. The second-order valence-electron chi connectivity index (χ2n) is 3.99. The van der Waals surface area contributed by atoms with Crippen molar-refractivity contribution in [2.75, 3.05) is 5.32 Å². The van der Waals surface area contributed by atoms with E-state index in [2.05, 4.69) is 15.5 Å². The average Bonchev–Trinajstić information content (AvgIpc) is 3.18. The van der Waals surface area contributed by atoms with Crippen LogP contribution in [0.25, 0.3) is 17.5 Å². The van der Waals surface area contributed by atoms with E-state index < -0.39 is 0 Å². The van der Waals surface area contributed by atoms with Gasteiger partial charge in [0.25, 0.3) is 11.8 Å². The van der Waals surface area contributed by atoms with Crippen molar-refractivity contribution in [3.63, 3.8) is 0 Å². The Morgan fingerprint density at radius 3 is 2.91 bits per heavy atom. The lowest BCUT2D eigenvalue weighted by Gasteiger charge is -1.93. The maximum absolute atomic E-state index is 11.8.